The first kappa shape index (κ1) is 15.1. The zero-order valence-corrected chi connectivity index (χ0v) is 13.4. The average molecular weight is 312 g/mol. The zero-order valence-electron chi connectivity index (χ0n) is 11.8. The molecule has 0 atom stereocenters. The number of nitrogens with zero attached hydrogens (tertiary/aromatic N) is 1. The topological polar surface area (TPSA) is 46.2 Å². The van der Waals surface area contributed by atoms with E-state index in [1.54, 1.807) is 18.4 Å². The van der Waals surface area contributed by atoms with Gasteiger partial charge in [-0.25, -0.2) is 4.98 Å². The van der Waals surface area contributed by atoms with Crippen LogP contribution in [-0.2, 0) is 6.54 Å². The molecule has 0 saturated carbocycles. The number of rotatable bonds is 6. The molecule has 0 radical (unpaired) electrons. The number of ether oxygens (including phenoxy) is 1. The highest BCUT2D eigenvalue weighted by molar-refractivity contribution is 7.13. The molecule has 6 heteroatoms. The van der Waals surface area contributed by atoms with Crippen molar-refractivity contribution in [2.75, 3.05) is 19.0 Å². The monoisotopic (exact) mass is 311 g/mol. The van der Waals surface area contributed by atoms with Crippen LogP contribution in [0.15, 0.2) is 17.5 Å². The number of nitrogens with one attached hydrogen (secondary N) is 2. The Morgan fingerprint density at radius 2 is 2.20 bits per heavy atom. The molecule has 0 spiro atoms. The molecule has 0 aliphatic rings. The summed E-state index contributed by atoms with van der Waals surface area (Å²) in [6, 6.07) is 3.78. The molecule has 1 aromatic carbocycles. The van der Waals surface area contributed by atoms with Gasteiger partial charge >= 0.3 is 0 Å². The number of benzene rings is 1. The van der Waals surface area contributed by atoms with E-state index >= 15 is 0 Å². The molecular formula is C14H18ClN3OS. The van der Waals surface area contributed by atoms with E-state index in [-0.39, 0.29) is 0 Å². The van der Waals surface area contributed by atoms with Crippen LogP contribution in [0.1, 0.15) is 18.2 Å². The smallest absolute Gasteiger partial charge is 0.187 e. The second-order valence-electron chi connectivity index (χ2n) is 4.35. The third-order valence-corrected chi connectivity index (χ3v) is 4.04. The maximum Gasteiger partial charge on any atom is 0.187 e. The fraction of sp³-hybridized carbons (Fsp3) is 0.357. The highest BCUT2D eigenvalue weighted by atomic mass is 35.5. The predicted molar refractivity (Wildman–Crippen MR) is 85.5 cm³/mol. The van der Waals surface area contributed by atoms with Gasteiger partial charge in [0.1, 0.15) is 5.75 Å². The minimum atomic E-state index is 0.694. The summed E-state index contributed by atoms with van der Waals surface area (Å²) in [4.78, 5) is 4.53. The van der Waals surface area contributed by atoms with Gasteiger partial charge in [-0.1, -0.05) is 18.5 Å². The summed E-state index contributed by atoms with van der Waals surface area (Å²) in [6.07, 6.45) is 0. The first-order valence-electron chi connectivity index (χ1n) is 6.40. The number of anilines is 2. The van der Waals surface area contributed by atoms with E-state index in [0.29, 0.717) is 10.8 Å². The summed E-state index contributed by atoms with van der Waals surface area (Å²) in [5.41, 5.74) is 2.90. The second kappa shape index (κ2) is 6.92. The van der Waals surface area contributed by atoms with Crippen molar-refractivity contribution < 1.29 is 4.74 Å². The molecule has 0 unspecified atom stereocenters. The lowest BCUT2D eigenvalue weighted by Gasteiger charge is -2.11. The van der Waals surface area contributed by atoms with Crippen molar-refractivity contribution in [3.63, 3.8) is 0 Å². The molecule has 0 aliphatic carbocycles. The van der Waals surface area contributed by atoms with Crippen molar-refractivity contribution in [2.45, 2.75) is 20.4 Å². The lowest BCUT2D eigenvalue weighted by Crippen LogP contribution is -2.11. The molecule has 0 aliphatic heterocycles. The van der Waals surface area contributed by atoms with E-state index in [0.717, 1.165) is 35.2 Å². The van der Waals surface area contributed by atoms with Crippen molar-refractivity contribution in [3.8, 4) is 5.75 Å². The molecule has 0 saturated heterocycles. The molecule has 4 nitrogen and oxygen atoms in total. The number of aromatic nitrogens is 1. The summed E-state index contributed by atoms with van der Waals surface area (Å²) >= 11 is 7.67. The third-order valence-electron chi connectivity index (χ3n) is 2.83. The summed E-state index contributed by atoms with van der Waals surface area (Å²) in [6.45, 7) is 5.76. The highest BCUT2D eigenvalue weighted by Gasteiger charge is 2.09. The first-order chi connectivity index (χ1) is 9.63. The molecule has 108 valence electrons. The second-order valence-corrected chi connectivity index (χ2v) is 5.62. The summed E-state index contributed by atoms with van der Waals surface area (Å²) in [5, 5.41) is 10.1. The highest BCUT2D eigenvalue weighted by Crippen LogP contribution is 2.33. The zero-order chi connectivity index (χ0) is 14.5. The van der Waals surface area contributed by atoms with Gasteiger partial charge in [0.2, 0.25) is 0 Å². The van der Waals surface area contributed by atoms with Gasteiger partial charge in [-0.15, -0.1) is 11.3 Å². The van der Waals surface area contributed by atoms with Crippen LogP contribution < -0.4 is 15.4 Å². The van der Waals surface area contributed by atoms with Crippen LogP contribution in [-0.4, -0.2) is 18.6 Å². The van der Waals surface area contributed by atoms with E-state index in [4.69, 9.17) is 16.3 Å². The van der Waals surface area contributed by atoms with Crippen LogP contribution in [0, 0.1) is 6.92 Å². The Bertz CT molecular complexity index is 586. The first-order valence-corrected chi connectivity index (χ1v) is 7.66. The van der Waals surface area contributed by atoms with Gasteiger partial charge in [0.15, 0.2) is 5.13 Å². The molecule has 20 heavy (non-hydrogen) atoms. The van der Waals surface area contributed by atoms with E-state index < -0.39 is 0 Å². The number of aryl methyl sites for hydroxylation is 1. The quantitative estimate of drug-likeness (QED) is 0.847. The Kier molecular flexibility index (Phi) is 5.23. The minimum Gasteiger partial charge on any atom is -0.495 e. The van der Waals surface area contributed by atoms with Crippen LogP contribution in [0.5, 0.6) is 5.75 Å². The van der Waals surface area contributed by atoms with Gasteiger partial charge in [-0.05, 0) is 25.1 Å². The van der Waals surface area contributed by atoms with Crippen LogP contribution in [0.3, 0.4) is 0 Å². The van der Waals surface area contributed by atoms with Gasteiger partial charge in [0.05, 0.1) is 18.5 Å². The number of methoxy groups -OCH3 is 1. The minimum absolute atomic E-state index is 0.694. The molecule has 1 heterocycles. The van der Waals surface area contributed by atoms with Crippen molar-refractivity contribution in [1.29, 1.82) is 0 Å². The number of halogens is 1. The Labute approximate surface area is 128 Å². The maximum absolute atomic E-state index is 6.10. The standard InChI is InChI=1S/C14H18ClN3OS/c1-4-16-7-10-8-20-14(17-10)18-12-5-9(2)11(15)6-13(12)19-3/h5-6,8,16H,4,7H2,1-3H3,(H,17,18). The molecule has 2 rings (SSSR count). The lowest BCUT2D eigenvalue weighted by molar-refractivity contribution is 0.417. The fourth-order valence-corrected chi connectivity index (χ4v) is 2.62. The van der Waals surface area contributed by atoms with Gasteiger partial charge in [-0.3, -0.25) is 0 Å². The Balaban J connectivity index is 2.17. The summed E-state index contributed by atoms with van der Waals surface area (Å²) in [7, 11) is 1.63. The molecule has 0 bridgehead atoms. The average Bonchev–Trinajstić information content (AvgIpc) is 2.88. The Morgan fingerprint density at radius 3 is 2.90 bits per heavy atom. The van der Waals surface area contributed by atoms with E-state index in [1.807, 2.05) is 24.4 Å². The molecular weight excluding hydrogens is 294 g/mol. The maximum atomic E-state index is 6.10. The van der Waals surface area contributed by atoms with Gasteiger partial charge in [0.25, 0.3) is 0 Å². The number of hydrogen-bond donors (Lipinski definition) is 2. The Hall–Kier alpha value is -1.30. The molecule has 0 fully saturated rings. The number of hydrogen-bond acceptors (Lipinski definition) is 5. The van der Waals surface area contributed by atoms with Crippen molar-refractivity contribution in [1.82, 2.24) is 10.3 Å². The predicted octanol–water partition coefficient (Wildman–Crippen LogP) is 3.97. The van der Waals surface area contributed by atoms with Crippen LogP contribution in [0.2, 0.25) is 5.02 Å². The molecule has 0 amide bonds. The molecule has 2 N–H and O–H groups in total. The SMILES string of the molecule is CCNCc1csc(Nc2cc(C)c(Cl)cc2OC)n1. The van der Waals surface area contributed by atoms with Crippen LogP contribution in [0.25, 0.3) is 0 Å². The molecule has 2 aromatic rings. The van der Waals surface area contributed by atoms with Crippen molar-refractivity contribution >= 4 is 33.8 Å². The van der Waals surface area contributed by atoms with E-state index in [1.165, 1.54) is 0 Å². The summed E-state index contributed by atoms with van der Waals surface area (Å²) < 4.78 is 5.34. The van der Waals surface area contributed by atoms with Crippen molar-refractivity contribution in [3.05, 3.63) is 33.8 Å². The fourth-order valence-electron chi connectivity index (χ4n) is 1.74. The normalized spacial score (nSPS) is 10.6. The van der Waals surface area contributed by atoms with Gasteiger partial charge < -0.3 is 15.4 Å². The van der Waals surface area contributed by atoms with E-state index in [9.17, 15) is 0 Å². The lowest BCUT2D eigenvalue weighted by atomic mass is 10.2. The summed E-state index contributed by atoms with van der Waals surface area (Å²) in [5.74, 6) is 0.712. The van der Waals surface area contributed by atoms with Crippen LogP contribution >= 0.6 is 22.9 Å². The number of thiazole rings is 1. The van der Waals surface area contributed by atoms with Crippen LogP contribution in [0.4, 0.5) is 10.8 Å². The third kappa shape index (κ3) is 3.62. The van der Waals surface area contributed by atoms with Gasteiger partial charge in [0, 0.05) is 23.0 Å². The van der Waals surface area contributed by atoms with E-state index in [2.05, 4.69) is 22.5 Å². The van der Waals surface area contributed by atoms with Gasteiger partial charge in [-0.2, -0.15) is 0 Å². The molecule has 1 aromatic heterocycles. The largest absolute Gasteiger partial charge is 0.495 e. The Morgan fingerprint density at radius 1 is 1.40 bits per heavy atom. The van der Waals surface area contributed by atoms with Crippen molar-refractivity contribution in [2.24, 2.45) is 0 Å².